The van der Waals surface area contributed by atoms with Crippen LogP contribution < -0.4 is 0 Å². The lowest BCUT2D eigenvalue weighted by Gasteiger charge is -2.31. The van der Waals surface area contributed by atoms with Crippen molar-refractivity contribution >= 4 is 17.5 Å². The summed E-state index contributed by atoms with van der Waals surface area (Å²) < 4.78 is 13.1. The molecular formula is C12H14ClFN2O. The van der Waals surface area contributed by atoms with Gasteiger partial charge < -0.3 is 4.90 Å². The number of carbonyl (C=O) groups is 1. The summed E-state index contributed by atoms with van der Waals surface area (Å²) in [5.41, 5.74) is 0.153. The van der Waals surface area contributed by atoms with Gasteiger partial charge in [0, 0.05) is 13.1 Å². The largest absolute Gasteiger partial charge is 0.338 e. The van der Waals surface area contributed by atoms with Crippen LogP contribution in [-0.2, 0) is 0 Å². The zero-order valence-corrected chi connectivity index (χ0v) is 10.4. The molecule has 1 atom stereocenters. The fourth-order valence-electron chi connectivity index (χ4n) is 2.12. The van der Waals surface area contributed by atoms with Crippen molar-refractivity contribution in [1.82, 2.24) is 9.88 Å². The molecule has 0 aliphatic carbocycles. The second-order valence-corrected chi connectivity index (χ2v) is 4.85. The summed E-state index contributed by atoms with van der Waals surface area (Å²) in [5.74, 6) is -0.288. The molecule has 0 spiro atoms. The van der Waals surface area contributed by atoms with Crippen LogP contribution in [0.2, 0.25) is 5.15 Å². The van der Waals surface area contributed by atoms with Gasteiger partial charge in [-0.1, -0.05) is 18.5 Å². The van der Waals surface area contributed by atoms with Crippen LogP contribution in [0.25, 0.3) is 0 Å². The van der Waals surface area contributed by atoms with Crippen molar-refractivity contribution in [2.75, 3.05) is 13.1 Å². The molecule has 2 rings (SSSR count). The Morgan fingerprint density at radius 3 is 3.12 bits per heavy atom. The predicted octanol–water partition coefficient (Wildman–Crippen LogP) is 2.75. The molecule has 0 saturated carbocycles. The average molecular weight is 257 g/mol. The Kier molecular flexibility index (Phi) is 3.62. The molecule has 0 bridgehead atoms. The fraction of sp³-hybridized carbons (Fsp3) is 0.500. The van der Waals surface area contributed by atoms with E-state index in [4.69, 9.17) is 11.6 Å². The molecule has 1 aliphatic heterocycles. The first-order valence-electron chi connectivity index (χ1n) is 5.68. The van der Waals surface area contributed by atoms with Gasteiger partial charge in [0.2, 0.25) is 0 Å². The van der Waals surface area contributed by atoms with E-state index in [-0.39, 0.29) is 16.6 Å². The fourth-order valence-corrected chi connectivity index (χ4v) is 2.30. The van der Waals surface area contributed by atoms with Crippen LogP contribution in [0.5, 0.6) is 0 Å². The van der Waals surface area contributed by atoms with Gasteiger partial charge >= 0.3 is 0 Å². The third-order valence-corrected chi connectivity index (χ3v) is 3.28. The second kappa shape index (κ2) is 5.00. The summed E-state index contributed by atoms with van der Waals surface area (Å²) in [6.45, 7) is 3.51. The van der Waals surface area contributed by atoms with E-state index in [0.717, 1.165) is 25.1 Å². The molecule has 1 unspecified atom stereocenters. The third-order valence-electron chi connectivity index (χ3n) is 2.98. The number of nitrogens with zero attached hydrogens (tertiary/aromatic N) is 2. The smallest absolute Gasteiger partial charge is 0.257 e. The SMILES string of the molecule is CC1CCCN(C(=O)c2cc(F)cnc2Cl)C1. The van der Waals surface area contributed by atoms with Crippen molar-refractivity contribution < 1.29 is 9.18 Å². The number of carbonyl (C=O) groups excluding carboxylic acids is 1. The molecule has 1 aromatic rings. The molecule has 1 saturated heterocycles. The summed E-state index contributed by atoms with van der Waals surface area (Å²) in [6.07, 6.45) is 3.12. The van der Waals surface area contributed by atoms with Crippen LogP contribution in [-0.4, -0.2) is 28.9 Å². The number of rotatable bonds is 1. The Morgan fingerprint density at radius 1 is 1.65 bits per heavy atom. The predicted molar refractivity (Wildman–Crippen MR) is 63.5 cm³/mol. The highest BCUT2D eigenvalue weighted by Gasteiger charge is 2.24. The molecule has 3 nitrogen and oxygen atoms in total. The Bertz CT molecular complexity index is 439. The van der Waals surface area contributed by atoms with Crippen molar-refractivity contribution in [2.24, 2.45) is 5.92 Å². The van der Waals surface area contributed by atoms with Gasteiger partial charge in [-0.2, -0.15) is 0 Å². The van der Waals surface area contributed by atoms with E-state index < -0.39 is 5.82 Å². The Morgan fingerprint density at radius 2 is 2.41 bits per heavy atom. The second-order valence-electron chi connectivity index (χ2n) is 4.49. The quantitative estimate of drug-likeness (QED) is 0.724. The first-order valence-corrected chi connectivity index (χ1v) is 6.06. The highest BCUT2D eigenvalue weighted by atomic mass is 35.5. The number of aromatic nitrogens is 1. The molecule has 1 aliphatic rings. The van der Waals surface area contributed by atoms with Gasteiger partial charge in [-0.3, -0.25) is 4.79 Å². The van der Waals surface area contributed by atoms with Crippen LogP contribution in [0, 0.1) is 11.7 Å². The summed E-state index contributed by atoms with van der Waals surface area (Å²) in [6, 6.07) is 1.15. The first kappa shape index (κ1) is 12.3. The highest BCUT2D eigenvalue weighted by molar-refractivity contribution is 6.32. The summed E-state index contributed by atoms with van der Waals surface area (Å²) >= 11 is 5.82. The normalized spacial score (nSPS) is 20.4. The van der Waals surface area contributed by atoms with E-state index in [1.165, 1.54) is 0 Å². The standard InChI is InChI=1S/C12H14ClFN2O/c1-8-3-2-4-16(7-8)12(17)10-5-9(14)6-15-11(10)13/h5-6,8H,2-4,7H2,1H3. The summed E-state index contributed by atoms with van der Waals surface area (Å²) in [4.78, 5) is 17.5. The van der Waals surface area contributed by atoms with Crippen LogP contribution in [0.1, 0.15) is 30.1 Å². The van der Waals surface area contributed by atoms with E-state index in [1.54, 1.807) is 4.90 Å². The van der Waals surface area contributed by atoms with Crippen LogP contribution in [0.3, 0.4) is 0 Å². The minimum Gasteiger partial charge on any atom is -0.338 e. The van der Waals surface area contributed by atoms with E-state index in [1.807, 2.05) is 0 Å². The highest BCUT2D eigenvalue weighted by Crippen LogP contribution is 2.21. The van der Waals surface area contributed by atoms with E-state index in [2.05, 4.69) is 11.9 Å². The van der Waals surface area contributed by atoms with Crippen molar-refractivity contribution in [2.45, 2.75) is 19.8 Å². The topological polar surface area (TPSA) is 33.2 Å². The number of hydrogen-bond donors (Lipinski definition) is 0. The number of piperidine rings is 1. The van der Waals surface area contributed by atoms with Crippen molar-refractivity contribution in [3.63, 3.8) is 0 Å². The monoisotopic (exact) mass is 256 g/mol. The number of amides is 1. The summed E-state index contributed by atoms with van der Waals surface area (Å²) in [5, 5.41) is 0.0645. The van der Waals surface area contributed by atoms with Gasteiger partial charge in [0.05, 0.1) is 11.8 Å². The van der Waals surface area contributed by atoms with Crippen LogP contribution in [0.4, 0.5) is 4.39 Å². The molecule has 0 radical (unpaired) electrons. The molecule has 0 N–H and O–H groups in total. The zero-order chi connectivity index (χ0) is 12.4. The van der Waals surface area contributed by atoms with Crippen LogP contribution >= 0.6 is 11.6 Å². The van der Waals surface area contributed by atoms with Gasteiger partial charge in [0.1, 0.15) is 11.0 Å². The van der Waals surface area contributed by atoms with Crippen molar-refractivity contribution in [1.29, 1.82) is 0 Å². The van der Waals surface area contributed by atoms with Gasteiger partial charge in [0.15, 0.2) is 0 Å². The number of likely N-dealkylation sites (tertiary alicyclic amines) is 1. The van der Waals surface area contributed by atoms with Crippen LogP contribution in [0.15, 0.2) is 12.3 Å². The minimum atomic E-state index is -0.539. The maximum absolute atomic E-state index is 13.1. The first-order chi connectivity index (χ1) is 8.08. The minimum absolute atomic E-state index is 0.0645. The molecule has 1 fully saturated rings. The Hall–Kier alpha value is -1.16. The van der Waals surface area contributed by atoms with E-state index >= 15 is 0 Å². The molecule has 92 valence electrons. The molecule has 17 heavy (non-hydrogen) atoms. The zero-order valence-electron chi connectivity index (χ0n) is 9.62. The summed E-state index contributed by atoms with van der Waals surface area (Å²) in [7, 11) is 0. The maximum atomic E-state index is 13.1. The average Bonchev–Trinajstić information content (AvgIpc) is 2.31. The molecule has 0 aromatic carbocycles. The van der Waals surface area contributed by atoms with Gasteiger partial charge in [-0.25, -0.2) is 9.37 Å². The molecule has 5 heteroatoms. The molecule has 2 heterocycles. The van der Waals surface area contributed by atoms with E-state index in [0.29, 0.717) is 19.0 Å². The Balaban J connectivity index is 2.21. The number of halogens is 2. The lowest BCUT2D eigenvalue weighted by Crippen LogP contribution is -2.39. The van der Waals surface area contributed by atoms with Gasteiger partial charge in [-0.15, -0.1) is 0 Å². The van der Waals surface area contributed by atoms with Gasteiger partial charge in [0.25, 0.3) is 5.91 Å². The Labute approximate surface area is 105 Å². The molecule has 1 aromatic heterocycles. The molecule has 1 amide bonds. The van der Waals surface area contributed by atoms with E-state index in [9.17, 15) is 9.18 Å². The lowest BCUT2D eigenvalue weighted by atomic mass is 10.00. The molecular weight excluding hydrogens is 243 g/mol. The third kappa shape index (κ3) is 2.75. The number of hydrogen-bond acceptors (Lipinski definition) is 2. The maximum Gasteiger partial charge on any atom is 0.257 e. The van der Waals surface area contributed by atoms with Crippen molar-refractivity contribution in [3.8, 4) is 0 Å². The lowest BCUT2D eigenvalue weighted by molar-refractivity contribution is 0.0682. The van der Waals surface area contributed by atoms with Gasteiger partial charge in [-0.05, 0) is 24.8 Å². The number of pyridine rings is 1. The van der Waals surface area contributed by atoms with Crippen molar-refractivity contribution in [3.05, 3.63) is 28.8 Å².